The van der Waals surface area contributed by atoms with Gasteiger partial charge >= 0.3 is 0 Å². The molecule has 0 saturated carbocycles. The number of carbonyl (C=O) groups is 1. The van der Waals surface area contributed by atoms with Gasteiger partial charge in [-0.05, 0) is 31.5 Å². The molecule has 0 bridgehead atoms. The van der Waals surface area contributed by atoms with E-state index in [1.165, 1.54) is 5.69 Å². The van der Waals surface area contributed by atoms with Crippen molar-refractivity contribution >= 4 is 11.6 Å². The van der Waals surface area contributed by atoms with Gasteiger partial charge in [0, 0.05) is 40.0 Å². The highest BCUT2D eigenvalue weighted by Gasteiger charge is 2.28. The number of ether oxygens (including phenoxy) is 1. The lowest BCUT2D eigenvalue weighted by Crippen LogP contribution is -2.44. The quantitative estimate of drug-likeness (QED) is 0.808. The number of carbonyl (C=O) groups excluding carboxylic acids is 1. The largest absolute Gasteiger partial charge is 0.383 e. The molecule has 1 fully saturated rings. The maximum atomic E-state index is 12.6. The molecule has 24 heavy (non-hydrogen) atoms. The van der Waals surface area contributed by atoms with Crippen molar-refractivity contribution < 1.29 is 9.53 Å². The van der Waals surface area contributed by atoms with Gasteiger partial charge in [0.2, 0.25) is 5.91 Å². The van der Waals surface area contributed by atoms with Crippen molar-refractivity contribution in [2.75, 3.05) is 40.4 Å². The molecule has 0 spiro atoms. The molecule has 2 aromatic heterocycles. The summed E-state index contributed by atoms with van der Waals surface area (Å²) in [5.74, 6) is 0.315. The minimum Gasteiger partial charge on any atom is -0.383 e. The monoisotopic (exact) mass is 330 g/mol. The topological polar surface area (TPSA) is 50.1 Å². The summed E-state index contributed by atoms with van der Waals surface area (Å²) in [5, 5.41) is 0. The molecule has 2 aromatic rings. The first-order valence-corrected chi connectivity index (χ1v) is 8.56. The van der Waals surface area contributed by atoms with Crippen LogP contribution in [0.4, 0.5) is 0 Å². The smallest absolute Gasteiger partial charge is 0.226 e. The summed E-state index contributed by atoms with van der Waals surface area (Å²) in [6.45, 7) is 3.91. The molecule has 0 radical (unpaired) electrons. The van der Waals surface area contributed by atoms with Gasteiger partial charge in [0.15, 0.2) is 0 Å². The van der Waals surface area contributed by atoms with E-state index >= 15 is 0 Å². The summed E-state index contributed by atoms with van der Waals surface area (Å²) < 4.78 is 7.19. The maximum Gasteiger partial charge on any atom is 0.226 e. The first kappa shape index (κ1) is 16.9. The molecule has 3 heterocycles. The SMILES string of the molecule is COCCN(C)C(=O)[C@H]1CCCN(Cc2cnc3ccccn23)C1. The fourth-order valence-corrected chi connectivity index (χ4v) is 3.38. The number of likely N-dealkylation sites (tertiary alicyclic amines) is 1. The summed E-state index contributed by atoms with van der Waals surface area (Å²) in [5.41, 5.74) is 2.14. The third-order valence-corrected chi connectivity index (χ3v) is 4.74. The Morgan fingerprint density at radius 2 is 2.33 bits per heavy atom. The zero-order valence-electron chi connectivity index (χ0n) is 14.5. The second-order valence-corrected chi connectivity index (χ2v) is 6.51. The van der Waals surface area contributed by atoms with Gasteiger partial charge in [-0.1, -0.05) is 6.07 Å². The minimum absolute atomic E-state index is 0.0831. The van der Waals surface area contributed by atoms with Crippen LogP contribution >= 0.6 is 0 Å². The van der Waals surface area contributed by atoms with E-state index in [1.54, 1.807) is 12.0 Å². The highest BCUT2D eigenvalue weighted by atomic mass is 16.5. The molecule has 0 aromatic carbocycles. The highest BCUT2D eigenvalue weighted by molar-refractivity contribution is 5.78. The van der Waals surface area contributed by atoms with Crippen LogP contribution < -0.4 is 0 Å². The second kappa shape index (κ2) is 7.77. The number of hydrogen-bond donors (Lipinski definition) is 0. The van der Waals surface area contributed by atoms with E-state index in [4.69, 9.17) is 4.74 Å². The molecule has 1 aliphatic heterocycles. The molecule has 130 valence electrons. The van der Waals surface area contributed by atoms with Crippen LogP contribution in [0.15, 0.2) is 30.6 Å². The van der Waals surface area contributed by atoms with Crippen LogP contribution in [-0.2, 0) is 16.1 Å². The van der Waals surface area contributed by atoms with Gasteiger partial charge in [-0.25, -0.2) is 4.98 Å². The zero-order chi connectivity index (χ0) is 16.9. The van der Waals surface area contributed by atoms with Crippen LogP contribution in [0, 0.1) is 5.92 Å². The average Bonchev–Trinajstić information content (AvgIpc) is 3.02. The lowest BCUT2D eigenvalue weighted by Gasteiger charge is -2.33. The zero-order valence-corrected chi connectivity index (χ0v) is 14.5. The molecule has 6 heteroatoms. The van der Waals surface area contributed by atoms with Gasteiger partial charge in [-0.3, -0.25) is 9.69 Å². The van der Waals surface area contributed by atoms with Crippen LogP contribution in [0.2, 0.25) is 0 Å². The number of likely N-dealkylation sites (N-methyl/N-ethyl adjacent to an activating group) is 1. The Bertz CT molecular complexity index is 684. The van der Waals surface area contributed by atoms with E-state index in [-0.39, 0.29) is 11.8 Å². The summed E-state index contributed by atoms with van der Waals surface area (Å²) in [4.78, 5) is 21.2. The molecule has 6 nitrogen and oxygen atoms in total. The number of pyridine rings is 1. The summed E-state index contributed by atoms with van der Waals surface area (Å²) in [6, 6.07) is 6.03. The molecule has 1 saturated heterocycles. The molecule has 0 unspecified atom stereocenters. The van der Waals surface area contributed by atoms with Crippen molar-refractivity contribution in [2.24, 2.45) is 5.92 Å². The minimum atomic E-state index is 0.0831. The predicted octanol–water partition coefficient (Wildman–Crippen LogP) is 1.65. The number of hydrogen-bond acceptors (Lipinski definition) is 4. The van der Waals surface area contributed by atoms with Crippen LogP contribution in [-0.4, -0.2) is 65.5 Å². The Morgan fingerprint density at radius 1 is 1.46 bits per heavy atom. The number of nitrogens with zero attached hydrogens (tertiary/aromatic N) is 4. The molecular formula is C18H26N4O2. The summed E-state index contributed by atoms with van der Waals surface area (Å²) in [6.07, 6.45) is 6.01. The summed E-state index contributed by atoms with van der Waals surface area (Å²) >= 11 is 0. The molecule has 0 aliphatic carbocycles. The lowest BCUT2D eigenvalue weighted by atomic mass is 9.96. The van der Waals surface area contributed by atoms with Crippen LogP contribution in [0.5, 0.6) is 0 Å². The first-order valence-electron chi connectivity index (χ1n) is 8.56. The molecular weight excluding hydrogens is 304 g/mol. The van der Waals surface area contributed by atoms with Crippen LogP contribution in [0.3, 0.4) is 0 Å². The number of amides is 1. The van der Waals surface area contributed by atoms with E-state index in [0.717, 1.165) is 38.1 Å². The standard InChI is InChI=1S/C18H26N4O2/c1-20(10-11-24-2)18(23)15-6-5-8-21(13-15)14-16-12-19-17-7-3-4-9-22(16)17/h3-4,7,9,12,15H,5-6,8,10-11,13-14H2,1-2H3/t15-/m0/s1. The second-order valence-electron chi connectivity index (χ2n) is 6.51. The van der Waals surface area contributed by atoms with Crippen molar-refractivity contribution in [3.05, 3.63) is 36.3 Å². The predicted molar refractivity (Wildman–Crippen MR) is 92.7 cm³/mol. The van der Waals surface area contributed by atoms with Gasteiger partial charge in [-0.15, -0.1) is 0 Å². The van der Waals surface area contributed by atoms with Crippen molar-refractivity contribution in [1.82, 2.24) is 19.2 Å². The van der Waals surface area contributed by atoms with E-state index in [0.29, 0.717) is 13.2 Å². The Labute approximate surface area is 143 Å². The van der Waals surface area contributed by atoms with Gasteiger partial charge in [0.25, 0.3) is 0 Å². The number of aromatic nitrogens is 2. The first-order chi connectivity index (χ1) is 11.7. The normalized spacial score (nSPS) is 18.8. The van der Waals surface area contributed by atoms with E-state index in [9.17, 15) is 4.79 Å². The summed E-state index contributed by atoms with van der Waals surface area (Å²) in [7, 11) is 3.53. The lowest BCUT2D eigenvalue weighted by molar-refractivity contribution is -0.136. The highest BCUT2D eigenvalue weighted by Crippen LogP contribution is 2.20. The fourth-order valence-electron chi connectivity index (χ4n) is 3.38. The fraction of sp³-hybridized carbons (Fsp3) is 0.556. The Hall–Kier alpha value is -1.92. The van der Waals surface area contributed by atoms with Crippen molar-refractivity contribution in [1.29, 1.82) is 0 Å². The average molecular weight is 330 g/mol. The van der Waals surface area contributed by atoms with Crippen molar-refractivity contribution in [3.63, 3.8) is 0 Å². The molecule has 1 atom stereocenters. The van der Waals surface area contributed by atoms with Crippen LogP contribution in [0.1, 0.15) is 18.5 Å². The van der Waals surface area contributed by atoms with Gasteiger partial charge < -0.3 is 14.0 Å². The molecule has 0 N–H and O–H groups in total. The Balaban J connectivity index is 1.62. The molecule has 1 aliphatic rings. The van der Waals surface area contributed by atoms with Gasteiger partial charge in [-0.2, -0.15) is 0 Å². The van der Waals surface area contributed by atoms with E-state index in [2.05, 4.69) is 14.3 Å². The maximum absolute atomic E-state index is 12.6. The Morgan fingerprint density at radius 3 is 3.17 bits per heavy atom. The van der Waals surface area contributed by atoms with Crippen LogP contribution in [0.25, 0.3) is 5.65 Å². The van der Waals surface area contributed by atoms with Crippen molar-refractivity contribution in [3.8, 4) is 0 Å². The molecule has 3 rings (SSSR count). The number of rotatable bonds is 6. The van der Waals surface area contributed by atoms with Crippen molar-refractivity contribution in [2.45, 2.75) is 19.4 Å². The third kappa shape index (κ3) is 3.76. The third-order valence-electron chi connectivity index (χ3n) is 4.74. The van der Waals surface area contributed by atoms with Gasteiger partial charge in [0.05, 0.1) is 24.4 Å². The number of fused-ring (bicyclic) bond motifs is 1. The van der Waals surface area contributed by atoms with E-state index < -0.39 is 0 Å². The number of imidazole rings is 1. The van der Waals surface area contributed by atoms with Gasteiger partial charge in [0.1, 0.15) is 5.65 Å². The number of piperidine rings is 1. The van der Waals surface area contributed by atoms with E-state index in [1.807, 2.05) is 37.6 Å². The Kier molecular flexibility index (Phi) is 5.48. The number of methoxy groups -OCH3 is 1. The molecule has 1 amide bonds.